The minimum absolute atomic E-state index is 0.154. The van der Waals surface area contributed by atoms with Gasteiger partial charge in [0.1, 0.15) is 0 Å². The number of anilines is 1. The highest BCUT2D eigenvalue weighted by Gasteiger charge is 2.26. The number of nitrogens with zero attached hydrogens (tertiary/aromatic N) is 2. The van der Waals surface area contributed by atoms with Crippen LogP contribution in [0.2, 0.25) is 0 Å². The van der Waals surface area contributed by atoms with Crippen LogP contribution in [0.1, 0.15) is 36.0 Å². The smallest absolute Gasteiger partial charge is 0.257 e. The molecule has 0 atom stereocenters. The summed E-state index contributed by atoms with van der Waals surface area (Å²) in [6, 6.07) is 16.0. The van der Waals surface area contributed by atoms with Gasteiger partial charge in [-0.1, -0.05) is 60.6 Å². The Labute approximate surface area is 180 Å². The molecular weight excluding hydrogens is 418 g/mol. The van der Waals surface area contributed by atoms with Crippen molar-refractivity contribution in [3.8, 4) is 10.4 Å². The summed E-state index contributed by atoms with van der Waals surface area (Å²) in [6.45, 7) is 1.06. The summed E-state index contributed by atoms with van der Waals surface area (Å²) in [5, 5.41) is 3.25. The third-order valence-corrected chi connectivity index (χ3v) is 7.94. The standard InChI is InChI=1S/C22H23N3O3S2/c26-21(24-22-23-16-20(29-22)17-9-4-3-5-10-17)18-11-8-12-19(15-18)30(27,28)25-13-6-1-2-7-14-25/h3-5,8-12,15-16H,1-2,6-7,13-14H2,(H,23,24,26). The van der Waals surface area contributed by atoms with E-state index in [4.69, 9.17) is 0 Å². The molecule has 0 aliphatic carbocycles. The molecular formula is C22H23N3O3S2. The highest BCUT2D eigenvalue weighted by atomic mass is 32.2. The molecule has 1 amide bonds. The number of carbonyl (C=O) groups is 1. The van der Waals surface area contributed by atoms with Gasteiger partial charge >= 0.3 is 0 Å². The Kier molecular flexibility index (Phi) is 6.26. The average molecular weight is 442 g/mol. The summed E-state index contributed by atoms with van der Waals surface area (Å²) in [5.74, 6) is -0.378. The Balaban J connectivity index is 1.51. The van der Waals surface area contributed by atoms with E-state index < -0.39 is 10.0 Å². The molecule has 0 saturated carbocycles. The molecule has 156 valence electrons. The van der Waals surface area contributed by atoms with Crippen LogP contribution in [0.4, 0.5) is 5.13 Å². The number of carbonyl (C=O) groups excluding carboxylic acids is 1. The predicted octanol–water partition coefficient (Wildman–Crippen LogP) is 4.63. The second kappa shape index (κ2) is 9.07. The van der Waals surface area contributed by atoms with Gasteiger partial charge in [-0.2, -0.15) is 4.31 Å². The van der Waals surface area contributed by atoms with Crippen molar-refractivity contribution in [1.82, 2.24) is 9.29 Å². The van der Waals surface area contributed by atoms with Crippen LogP contribution in [0.25, 0.3) is 10.4 Å². The number of aromatic nitrogens is 1. The molecule has 0 unspecified atom stereocenters. The number of amides is 1. The molecule has 1 aliphatic heterocycles. The third-order valence-electron chi connectivity index (χ3n) is 5.08. The summed E-state index contributed by atoms with van der Waals surface area (Å²) in [7, 11) is -3.61. The van der Waals surface area contributed by atoms with Crippen LogP contribution in [0.3, 0.4) is 0 Å². The maximum atomic E-state index is 13.0. The summed E-state index contributed by atoms with van der Waals surface area (Å²) >= 11 is 1.37. The number of hydrogen-bond acceptors (Lipinski definition) is 5. The molecule has 1 saturated heterocycles. The molecule has 1 N–H and O–H groups in total. The van der Waals surface area contributed by atoms with E-state index in [1.807, 2.05) is 30.3 Å². The molecule has 2 heterocycles. The molecule has 0 radical (unpaired) electrons. The first kappa shape index (κ1) is 20.7. The fourth-order valence-electron chi connectivity index (χ4n) is 3.47. The Morgan fingerprint density at radius 1 is 0.967 bits per heavy atom. The van der Waals surface area contributed by atoms with E-state index in [-0.39, 0.29) is 10.8 Å². The number of thiazole rings is 1. The Morgan fingerprint density at radius 2 is 1.70 bits per heavy atom. The maximum Gasteiger partial charge on any atom is 0.257 e. The lowest BCUT2D eigenvalue weighted by molar-refractivity contribution is 0.102. The van der Waals surface area contributed by atoms with Gasteiger partial charge in [-0.3, -0.25) is 10.1 Å². The number of benzene rings is 2. The second-order valence-electron chi connectivity index (χ2n) is 7.20. The van der Waals surface area contributed by atoms with Crippen LogP contribution in [-0.4, -0.2) is 36.7 Å². The molecule has 2 aromatic carbocycles. The van der Waals surface area contributed by atoms with Gasteiger partial charge in [0.2, 0.25) is 10.0 Å². The van der Waals surface area contributed by atoms with Crippen molar-refractivity contribution in [3.05, 3.63) is 66.4 Å². The SMILES string of the molecule is O=C(Nc1ncc(-c2ccccc2)s1)c1cccc(S(=O)(=O)N2CCCCCC2)c1. The number of sulfonamides is 1. The van der Waals surface area contributed by atoms with Gasteiger partial charge in [0.05, 0.1) is 9.77 Å². The first-order valence-electron chi connectivity index (χ1n) is 9.97. The summed E-state index contributed by atoms with van der Waals surface area (Å²) in [4.78, 5) is 18.1. The lowest BCUT2D eigenvalue weighted by Crippen LogP contribution is -2.32. The van der Waals surface area contributed by atoms with Crippen molar-refractivity contribution in [3.63, 3.8) is 0 Å². The topological polar surface area (TPSA) is 79.4 Å². The Hall–Kier alpha value is -2.55. The molecule has 1 fully saturated rings. The largest absolute Gasteiger partial charge is 0.298 e. The molecule has 30 heavy (non-hydrogen) atoms. The van der Waals surface area contributed by atoms with Crippen LogP contribution in [0.15, 0.2) is 65.7 Å². The first-order chi connectivity index (χ1) is 14.5. The number of rotatable bonds is 5. The van der Waals surface area contributed by atoms with Crippen molar-refractivity contribution < 1.29 is 13.2 Å². The van der Waals surface area contributed by atoms with Gasteiger partial charge in [0.15, 0.2) is 5.13 Å². The van der Waals surface area contributed by atoms with Crippen molar-refractivity contribution >= 4 is 32.4 Å². The predicted molar refractivity (Wildman–Crippen MR) is 119 cm³/mol. The summed E-state index contributed by atoms with van der Waals surface area (Å²) in [5.41, 5.74) is 1.32. The maximum absolute atomic E-state index is 13.0. The van der Waals surface area contributed by atoms with Crippen molar-refractivity contribution in [1.29, 1.82) is 0 Å². The van der Waals surface area contributed by atoms with E-state index in [0.717, 1.165) is 36.1 Å². The van der Waals surface area contributed by atoms with Crippen LogP contribution in [0, 0.1) is 0 Å². The van der Waals surface area contributed by atoms with Crippen LogP contribution in [-0.2, 0) is 10.0 Å². The molecule has 0 spiro atoms. The van der Waals surface area contributed by atoms with Crippen molar-refractivity contribution in [2.24, 2.45) is 0 Å². The van der Waals surface area contributed by atoms with Crippen molar-refractivity contribution in [2.75, 3.05) is 18.4 Å². The molecule has 6 nitrogen and oxygen atoms in total. The quantitative estimate of drug-likeness (QED) is 0.626. The van der Waals surface area contributed by atoms with Crippen LogP contribution >= 0.6 is 11.3 Å². The van der Waals surface area contributed by atoms with Gasteiger partial charge in [-0.05, 0) is 36.6 Å². The van der Waals surface area contributed by atoms with Crippen LogP contribution < -0.4 is 5.32 Å². The van der Waals surface area contributed by atoms with Crippen molar-refractivity contribution in [2.45, 2.75) is 30.6 Å². The van der Waals surface area contributed by atoms with E-state index in [9.17, 15) is 13.2 Å². The van der Waals surface area contributed by atoms with E-state index in [0.29, 0.717) is 23.8 Å². The molecule has 3 aromatic rings. The van der Waals surface area contributed by atoms with E-state index in [1.165, 1.54) is 21.7 Å². The zero-order valence-electron chi connectivity index (χ0n) is 16.5. The van der Waals surface area contributed by atoms with Gasteiger partial charge in [-0.15, -0.1) is 0 Å². The lowest BCUT2D eigenvalue weighted by Gasteiger charge is -2.20. The lowest BCUT2D eigenvalue weighted by atomic mass is 10.2. The highest BCUT2D eigenvalue weighted by Crippen LogP contribution is 2.29. The van der Waals surface area contributed by atoms with Gasteiger partial charge < -0.3 is 0 Å². The number of nitrogens with one attached hydrogen (secondary N) is 1. The molecule has 1 aliphatic rings. The Morgan fingerprint density at radius 3 is 2.43 bits per heavy atom. The fourth-order valence-corrected chi connectivity index (χ4v) is 5.85. The van der Waals surface area contributed by atoms with E-state index >= 15 is 0 Å². The monoisotopic (exact) mass is 441 g/mol. The zero-order valence-corrected chi connectivity index (χ0v) is 18.1. The van der Waals surface area contributed by atoms with Gasteiger partial charge in [0, 0.05) is 24.8 Å². The molecule has 8 heteroatoms. The first-order valence-corrected chi connectivity index (χ1v) is 12.2. The molecule has 4 rings (SSSR count). The highest BCUT2D eigenvalue weighted by molar-refractivity contribution is 7.89. The van der Waals surface area contributed by atoms with E-state index in [2.05, 4.69) is 10.3 Å². The third kappa shape index (κ3) is 4.61. The van der Waals surface area contributed by atoms with Gasteiger partial charge in [-0.25, -0.2) is 13.4 Å². The second-order valence-corrected chi connectivity index (χ2v) is 10.2. The minimum Gasteiger partial charge on any atom is -0.298 e. The molecule has 1 aromatic heterocycles. The summed E-state index contributed by atoms with van der Waals surface area (Å²) in [6.07, 6.45) is 5.55. The zero-order chi connectivity index (χ0) is 21.0. The average Bonchev–Trinajstić information content (AvgIpc) is 3.05. The normalized spacial score (nSPS) is 15.5. The van der Waals surface area contributed by atoms with Crippen LogP contribution in [0.5, 0.6) is 0 Å². The summed E-state index contributed by atoms with van der Waals surface area (Å²) < 4.78 is 27.6. The van der Waals surface area contributed by atoms with Gasteiger partial charge in [0.25, 0.3) is 5.91 Å². The minimum atomic E-state index is -3.61. The Bertz CT molecular complexity index is 1120. The number of hydrogen-bond donors (Lipinski definition) is 1. The molecule has 0 bridgehead atoms. The van der Waals surface area contributed by atoms with E-state index in [1.54, 1.807) is 24.4 Å². The fraction of sp³-hybridized carbons (Fsp3) is 0.273.